The first kappa shape index (κ1) is 12.9. The molecular formula is C11H19NO2. The van der Waals surface area contributed by atoms with E-state index in [2.05, 4.69) is 30.0 Å². The van der Waals surface area contributed by atoms with Gasteiger partial charge in [0.05, 0.1) is 7.11 Å². The van der Waals surface area contributed by atoms with Gasteiger partial charge < -0.3 is 10.1 Å². The molecule has 1 N–H and O–H groups in total. The van der Waals surface area contributed by atoms with Crippen LogP contribution in [-0.4, -0.2) is 26.2 Å². The maximum absolute atomic E-state index is 11.0. The summed E-state index contributed by atoms with van der Waals surface area (Å²) in [7, 11) is 1.39. The van der Waals surface area contributed by atoms with Crippen LogP contribution in [0.5, 0.6) is 0 Å². The molecule has 0 amide bonds. The van der Waals surface area contributed by atoms with Crippen molar-refractivity contribution in [2.24, 2.45) is 0 Å². The van der Waals surface area contributed by atoms with Gasteiger partial charge in [-0.15, -0.1) is 0 Å². The molecule has 0 aliphatic heterocycles. The maximum atomic E-state index is 11.0. The minimum absolute atomic E-state index is 0.269. The summed E-state index contributed by atoms with van der Waals surface area (Å²) in [5.74, 6) is -0.269. The lowest BCUT2D eigenvalue weighted by molar-refractivity contribution is -0.136. The van der Waals surface area contributed by atoms with E-state index in [0.717, 1.165) is 6.54 Å². The van der Waals surface area contributed by atoms with E-state index >= 15 is 0 Å². The molecule has 0 aliphatic carbocycles. The van der Waals surface area contributed by atoms with E-state index in [-0.39, 0.29) is 5.97 Å². The monoisotopic (exact) mass is 197 g/mol. The zero-order valence-electron chi connectivity index (χ0n) is 9.39. The molecule has 0 aliphatic rings. The minimum atomic E-state index is -0.269. The quantitative estimate of drug-likeness (QED) is 0.315. The van der Waals surface area contributed by atoms with Crippen molar-refractivity contribution in [1.29, 1.82) is 0 Å². The standard InChI is InChI=1S/C11H19NO2/c1-9(2)5-7-12-8-6-10(3)11(13)14-4/h5-6,12H,7-8H2,1-4H3/b10-6+. The van der Waals surface area contributed by atoms with Gasteiger partial charge in [0.25, 0.3) is 0 Å². The molecule has 0 aromatic carbocycles. The predicted octanol–water partition coefficient (Wildman–Crippen LogP) is 1.66. The smallest absolute Gasteiger partial charge is 0.333 e. The molecule has 3 heteroatoms. The Bertz CT molecular complexity index is 238. The molecular weight excluding hydrogens is 178 g/mol. The van der Waals surface area contributed by atoms with Crippen molar-refractivity contribution >= 4 is 5.97 Å². The number of hydrogen-bond acceptors (Lipinski definition) is 3. The summed E-state index contributed by atoms with van der Waals surface area (Å²) in [4.78, 5) is 11.0. The van der Waals surface area contributed by atoms with Crippen LogP contribution in [0.1, 0.15) is 20.8 Å². The molecule has 0 radical (unpaired) electrons. The second kappa shape index (κ2) is 7.33. The number of rotatable bonds is 5. The van der Waals surface area contributed by atoms with E-state index in [1.807, 2.05) is 6.08 Å². The molecule has 0 saturated carbocycles. The van der Waals surface area contributed by atoms with E-state index < -0.39 is 0 Å². The molecule has 0 heterocycles. The van der Waals surface area contributed by atoms with Crippen LogP contribution >= 0.6 is 0 Å². The van der Waals surface area contributed by atoms with Crippen LogP contribution in [0.15, 0.2) is 23.3 Å². The Morgan fingerprint density at radius 2 is 1.79 bits per heavy atom. The van der Waals surface area contributed by atoms with Crippen LogP contribution in [0, 0.1) is 0 Å². The number of carbonyl (C=O) groups is 1. The van der Waals surface area contributed by atoms with Gasteiger partial charge in [0.15, 0.2) is 0 Å². The summed E-state index contributed by atoms with van der Waals surface area (Å²) in [6.45, 7) is 7.36. The minimum Gasteiger partial charge on any atom is -0.466 e. The van der Waals surface area contributed by atoms with Crippen LogP contribution in [0.2, 0.25) is 0 Å². The summed E-state index contributed by atoms with van der Waals surface area (Å²) in [6.07, 6.45) is 3.92. The summed E-state index contributed by atoms with van der Waals surface area (Å²) >= 11 is 0. The number of methoxy groups -OCH3 is 1. The zero-order valence-corrected chi connectivity index (χ0v) is 9.39. The zero-order chi connectivity index (χ0) is 11.0. The molecule has 0 spiro atoms. The van der Waals surface area contributed by atoms with Crippen LogP contribution in [0.25, 0.3) is 0 Å². The van der Waals surface area contributed by atoms with Gasteiger partial charge in [-0.1, -0.05) is 17.7 Å². The average Bonchev–Trinajstić information content (AvgIpc) is 2.15. The Morgan fingerprint density at radius 3 is 2.29 bits per heavy atom. The molecule has 80 valence electrons. The summed E-state index contributed by atoms with van der Waals surface area (Å²) in [5, 5.41) is 3.17. The second-order valence-electron chi connectivity index (χ2n) is 3.32. The Morgan fingerprint density at radius 1 is 1.21 bits per heavy atom. The highest BCUT2D eigenvalue weighted by atomic mass is 16.5. The summed E-state index contributed by atoms with van der Waals surface area (Å²) < 4.78 is 4.56. The van der Waals surface area contributed by atoms with Gasteiger partial charge in [0, 0.05) is 18.7 Å². The SMILES string of the molecule is COC(=O)/C(C)=C/CNCC=C(C)C. The molecule has 0 saturated heterocycles. The van der Waals surface area contributed by atoms with Crippen molar-refractivity contribution in [2.75, 3.05) is 20.2 Å². The van der Waals surface area contributed by atoms with E-state index in [1.165, 1.54) is 12.7 Å². The third kappa shape index (κ3) is 6.43. The number of carbonyl (C=O) groups excluding carboxylic acids is 1. The summed E-state index contributed by atoms with van der Waals surface area (Å²) in [5.41, 5.74) is 1.92. The normalized spacial score (nSPS) is 11.0. The number of esters is 1. The van der Waals surface area contributed by atoms with E-state index in [1.54, 1.807) is 6.92 Å². The first-order valence-electron chi connectivity index (χ1n) is 4.67. The van der Waals surface area contributed by atoms with Crippen molar-refractivity contribution in [3.05, 3.63) is 23.3 Å². The summed E-state index contributed by atoms with van der Waals surface area (Å²) in [6, 6.07) is 0. The van der Waals surface area contributed by atoms with E-state index in [0.29, 0.717) is 12.1 Å². The van der Waals surface area contributed by atoms with Crippen molar-refractivity contribution in [3.63, 3.8) is 0 Å². The molecule has 0 rings (SSSR count). The number of ether oxygens (including phenoxy) is 1. The molecule has 0 atom stereocenters. The molecule has 14 heavy (non-hydrogen) atoms. The lowest BCUT2D eigenvalue weighted by Crippen LogP contribution is -2.15. The van der Waals surface area contributed by atoms with E-state index in [4.69, 9.17) is 0 Å². The molecule has 0 unspecified atom stereocenters. The highest BCUT2D eigenvalue weighted by Crippen LogP contribution is 1.93. The van der Waals surface area contributed by atoms with E-state index in [9.17, 15) is 4.79 Å². The molecule has 0 bridgehead atoms. The van der Waals surface area contributed by atoms with Crippen LogP contribution in [0.3, 0.4) is 0 Å². The maximum Gasteiger partial charge on any atom is 0.333 e. The fourth-order valence-corrected chi connectivity index (χ4v) is 0.829. The lowest BCUT2D eigenvalue weighted by atomic mass is 10.3. The van der Waals surface area contributed by atoms with Crippen molar-refractivity contribution in [3.8, 4) is 0 Å². The third-order valence-electron chi connectivity index (χ3n) is 1.71. The van der Waals surface area contributed by atoms with Gasteiger partial charge in [0.1, 0.15) is 0 Å². The second-order valence-corrected chi connectivity index (χ2v) is 3.32. The molecule has 0 aromatic heterocycles. The Labute approximate surface area is 85.8 Å². The molecule has 0 aromatic rings. The Balaban J connectivity index is 3.72. The Kier molecular flexibility index (Phi) is 6.76. The highest BCUT2D eigenvalue weighted by molar-refractivity contribution is 5.87. The first-order chi connectivity index (χ1) is 6.57. The highest BCUT2D eigenvalue weighted by Gasteiger charge is 2.00. The van der Waals surface area contributed by atoms with Gasteiger partial charge in [-0.25, -0.2) is 4.79 Å². The Hall–Kier alpha value is -1.09. The first-order valence-corrected chi connectivity index (χ1v) is 4.67. The van der Waals surface area contributed by atoms with Crippen molar-refractivity contribution < 1.29 is 9.53 Å². The van der Waals surface area contributed by atoms with Crippen LogP contribution < -0.4 is 5.32 Å². The number of allylic oxidation sites excluding steroid dienone is 1. The van der Waals surface area contributed by atoms with Gasteiger partial charge in [-0.2, -0.15) is 0 Å². The van der Waals surface area contributed by atoms with Crippen LogP contribution in [0.4, 0.5) is 0 Å². The van der Waals surface area contributed by atoms with Gasteiger partial charge in [0.2, 0.25) is 0 Å². The van der Waals surface area contributed by atoms with Crippen molar-refractivity contribution in [1.82, 2.24) is 5.32 Å². The predicted molar refractivity (Wildman–Crippen MR) is 58.1 cm³/mol. The number of nitrogens with one attached hydrogen (secondary N) is 1. The fraction of sp³-hybridized carbons (Fsp3) is 0.545. The number of hydrogen-bond donors (Lipinski definition) is 1. The molecule has 3 nitrogen and oxygen atoms in total. The van der Waals surface area contributed by atoms with Crippen LogP contribution in [-0.2, 0) is 9.53 Å². The topological polar surface area (TPSA) is 38.3 Å². The molecule has 0 fully saturated rings. The fourth-order valence-electron chi connectivity index (χ4n) is 0.829. The third-order valence-corrected chi connectivity index (χ3v) is 1.71. The van der Waals surface area contributed by atoms with Crippen molar-refractivity contribution in [2.45, 2.75) is 20.8 Å². The van der Waals surface area contributed by atoms with Gasteiger partial charge in [-0.05, 0) is 20.8 Å². The average molecular weight is 197 g/mol. The largest absolute Gasteiger partial charge is 0.466 e. The van der Waals surface area contributed by atoms with Gasteiger partial charge >= 0.3 is 5.97 Å². The lowest BCUT2D eigenvalue weighted by Gasteiger charge is -2.00. The van der Waals surface area contributed by atoms with Gasteiger partial charge in [-0.3, -0.25) is 0 Å².